The highest BCUT2D eigenvalue weighted by molar-refractivity contribution is 9.10. The van der Waals surface area contributed by atoms with E-state index in [1.807, 2.05) is 51.1 Å². The van der Waals surface area contributed by atoms with Crippen molar-refractivity contribution in [3.63, 3.8) is 0 Å². The van der Waals surface area contributed by atoms with Crippen molar-refractivity contribution < 1.29 is 9.84 Å². The van der Waals surface area contributed by atoms with Gasteiger partial charge < -0.3 is 9.84 Å². The SMILES string of the molecule is COc1c(C)cc(C(O)c2ccc(C)c(Br)c2)cc1C. The van der Waals surface area contributed by atoms with Crippen molar-refractivity contribution in [3.05, 3.63) is 62.6 Å². The van der Waals surface area contributed by atoms with Gasteiger partial charge in [-0.25, -0.2) is 0 Å². The van der Waals surface area contributed by atoms with Gasteiger partial charge in [-0.15, -0.1) is 0 Å². The van der Waals surface area contributed by atoms with Crippen LogP contribution in [0.4, 0.5) is 0 Å². The van der Waals surface area contributed by atoms with Crippen LogP contribution in [0, 0.1) is 20.8 Å². The van der Waals surface area contributed by atoms with Gasteiger partial charge in [-0.1, -0.05) is 28.1 Å². The molecule has 106 valence electrons. The van der Waals surface area contributed by atoms with Crippen LogP contribution in [0.25, 0.3) is 0 Å². The molecule has 2 aromatic carbocycles. The average Bonchev–Trinajstić information content (AvgIpc) is 2.40. The number of rotatable bonds is 3. The summed E-state index contributed by atoms with van der Waals surface area (Å²) in [6.07, 6.45) is -0.629. The fourth-order valence-electron chi connectivity index (χ4n) is 2.44. The molecule has 0 aliphatic carbocycles. The maximum absolute atomic E-state index is 10.6. The van der Waals surface area contributed by atoms with Crippen molar-refractivity contribution in [3.8, 4) is 5.75 Å². The van der Waals surface area contributed by atoms with Crippen LogP contribution in [0.3, 0.4) is 0 Å². The zero-order chi connectivity index (χ0) is 14.9. The van der Waals surface area contributed by atoms with Gasteiger partial charge in [0.05, 0.1) is 7.11 Å². The number of benzene rings is 2. The Balaban J connectivity index is 2.42. The molecule has 0 saturated carbocycles. The molecule has 0 aliphatic rings. The lowest BCUT2D eigenvalue weighted by molar-refractivity contribution is 0.220. The van der Waals surface area contributed by atoms with E-state index in [0.29, 0.717) is 0 Å². The summed E-state index contributed by atoms with van der Waals surface area (Å²) in [4.78, 5) is 0. The first kappa shape index (κ1) is 15.1. The van der Waals surface area contributed by atoms with Crippen LogP contribution in [0.1, 0.15) is 33.9 Å². The van der Waals surface area contributed by atoms with E-state index in [1.54, 1.807) is 7.11 Å². The second-order valence-electron chi connectivity index (χ2n) is 5.10. The van der Waals surface area contributed by atoms with Crippen LogP contribution in [-0.2, 0) is 0 Å². The molecule has 0 saturated heterocycles. The third-order valence-electron chi connectivity index (χ3n) is 3.51. The van der Waals surface area contributed by atoms with Gasteiger partial charge in [0.1, 0.15) is 11.9 Å². The number of hydrogen-bond acceptors (Lipinski definition) is 2. The van der Waals surface area contributed by atoms with Crippen molar-refractivity contribution in [2.75, 3.05) is 7.11 Å². The molecule has 2 rings (SSSR count). The third-order valence-corrected chi connectivity index (χ3v) is 4.37. The predicted molar refractivity (Wildman–Crippen MR) is 85.4 cm³/mol. The molecule has 0 amide bonds. The molecule has 3 heteroatoms. The highest BCUT2D eigenvalue weighted by Crippen LogP contribution is 2.31. The van der Waals surface area contributed by atoms with Crippen molar-refractivity contribution in [2.24, 2.45) is 0 Å². The summed E-state index contributed by atoms with van der Waals surface area (Å²) in [5.41, 5.74) is 4.99. The van der Waals surface area contributed by atoms with Crippen molar-refractivity contribution in [1.29, 1.82) is 0 Å². The van der Waals surface area contributed by atoms with Crippen LogP contribution in [0.2, 0.25) is 0 Å². The molecule has 1 atom stereocenters. The Morgan fingerprint density at radius 2 is 1.55 bits per heavy atom. The lowest BCUT2D eigenvalue weighted by Gasteiger charge is -2.16. The van der Waals surface area contributed by atoms with E-state index in [4.69, 9.17) is 4.74 Å². The van der Waals surface area contributed by atoms with Gasteiger partial charge in [0.25, 0.3) is 0 Å². The summed E-state index contributed by atoms with van der Waals surface area (Å²) in [5, 5.41) is 10.6. The number of methoxy groups -OCH3 is 1. The number of aryl methyl sites for hydroxylation is 3. The summed E-state index contributed by atoms with van der Waals surface area (Å²) >= 11 is 3.51. The standard InChI is InChI=1S/C17H19BrO2/c1-10-5-6-13(9-15(10)18)16(19)14-7-11(2)17(20-4)12(3)8-14/h5-9,16,19H,1-4H3. The van der Waals surface area contributed by atoms with Gasteiger partial charge in [-0.05, 0) is 66.8 Å². The predicted octanol–water partition coefficient (Wildman–Crippen LogP) is 4.46. The Morgan fingerprint density at radius 3 is 2.05 bits per heavy atom. The third kappa shape index (κ3) is 2.89. The molecule has 1 unspecified atom stereocenters. The minimum Gasteiger partial charge on any atom is -0.496 e. The number of halogens is 1. The summed E-state index contributed by atoms with van der Waals surface area (Å²) < 4.78 is 6.37. The number of hydrogen-bond donors (Lipinski definition) is 1. The first-order chi connectivity index (χ1) is 9.43. The van der Waals surface area contributed by atoms with Crippen LogP contribution in [0.15, 0.2) is 34.8 Å². The Kier molecular flexibility index (Phi) is 4.51. The van der Waals surface area contributed by atoms with Crippen molar-refractivity contribution in [1.82, 2.24) is 0 Å². The molecule has 0 spiro atoms. The van der Waals surface area contributed by atoms with Crippen LogP contribution in [0.5, 0.6) is 5.75 Å². The highest BCUT2D eigenvalue weighted by Gasteiger charge is 2.14. The van der Waals surface area contributed by atoms with Gasteiger partial charge in [-0.2, -0.15) is 0 Å². The molecule has 20 heavy (non-hydrogen) atoms. The van der Waals surface area contributed by atoms with E-state index in [-0.39, 0.29) is 0 Å². The molecule has 0 aromatic heterocycles. The monoisotopic (exact) mass is 334 g/mol. The van der Waals surface area contributed by atoms with Crippen molar-refractivity contribution in [2.45, 2.75) is 26.9 Å². The Hall–Kier alpha value is -1.32. The maximum Gasteiger partial charge on any atom is 0.124 e. The number of ether oxygens (including phenoxy) is 1. The first-order valence-electron chi connectivity index (χ1n) is 6.53. The fourth-order valence-corrected chi connectivity index (χ4v) is 2.83. The molecule has 0 bridgehead atoms. The summed E-state index contributed by atoms with van der Waals surface area (Å²) in [6, 6.07) is 9.88. The van der Waals surface area contributed by atoms with Crippen LogP contribution < -0.4 is 4.74 Å². The summed E-state index contributed by atoms with van der Waals surface area (Å²) in [7, 11) is 1.67. The quantitative estimate of drug-likeness (QED) is 0.897. The Morgan fingerprint density at radius 1 is 0.950 bits per heavy atom. The number of aliphatic hydroxyl groups is 1. The second-order valence-corrected chi connectivity index (χ2v) is 5.95. The smallest absolute Gasteiger partial charge is 0.124 e. The van der Waals surface area contributed by atoms with Crippen molar-refractivity contribution >= 4 is 15.9 Å². The van der Waals surface area contributed by atoms with Gasteiger partial charge in [0.2, 0.25) is 0 Å². The lowest BCUT2D eigenvalue weighted by atomic mass is 9.96. The molecular weight excluding hydrogens is 316 g/mol. The molecule has 2 nitrogen and oxygen atoms in total. The van der Waals surface area contributed by atoms with Gasteiger partial charge >= 0.3 is 0 Å². The zero-order valence-electron chi connectivity index (χ0n) is 12.2. The largest absolute Gasteiger partial charge is 0.496 e. The van der Waals surface area contributed by atoms with Crippen LogP contribution in [-0.4, -0.2) is 12.2 Å². The van der Waals surface area contributed by atoms with E-state index in [9.17, 15) is 5.11 Å². The second kappa shape index (κ2) is 5.98. The van der Waals surface area contributed by atoms with Gasteiger partial charge in [-0.3, -0.25) is 0 Å². The molecule has 0 heterocycles. The number of aliphatic hydroxyl groups excluding tert-OH is 1. The average molecular weight is 335 g/mol. The summed E-state index contributed by atoms with van der Waals surface area (Å²) in [5.74, 6) is 0.881. The molecular formula is C17H19BrO2. The van der Waals surface area contributed by atoms with E-state index in [1.165, 1.54) is 0 Å². The fraction of sp³-hybridized carbons (Fsp3) is 0.294. The van der Waals surface area contributed by atoms with Crippen LogP contribution >= 0.6 is 15.9 Å². The molecule has 0 radical (unpaired) electrons. The lowest BCUT2D eigenvalue weighted by Crippen LogP contribution is -2.02. The molecule has 1 N–H and O–H groups in total. The maximum atomic E-state index is 10.6. The summed E-state index contributed by atoms with van der Waals surface area (Å²) in [6.45, 7) is 6.02. The topological polar surface area (TPSA) is 29.5 Å². The Bertz CT molecular complexity index is 612. The van der Waals surface area contributed by atoms with E-state index in [0.717, 1.165) is 38.0 Å². The molecule has 0 aliphatic heterocycles. The zero-order valence-corrected chi connectivity index (χ0v) is 13.8. The van der Waals surface area contributed by atoms with Gasteiger partial charge in [0.15, 0.2) is 0 Å². The van der Waals surface area contributed by atoms with E-state index in [2.05, 4.69) is 15.9 Å². The minimum absolute atomic E-state index is 0.629. The highest BCUT2D eigenvalue weighted by atomic mass is 79.9. The van der Waals surface area contributed by atoms with E-state index < -0.39 is 6.10 Å². The minimum atomic E-state index is -0.629. The first-order valence-corrected chi connectivity index (χ1v) is 7.32. The van der Waals surface area contributed by atoms with E-state index >= 15 is 0 Å². The molecule has 0 fully saturated rings. The normalized spacial score (nSPS) is 12.3. The molecule has 2 aromatic rings. The Labute approximate surface area is 128 Å². The van der Waals surface area contributed by atoms with Gasteiger partial charge in [0, 0.05) is 4.47 Å².